The fourth-order valence-electron chi connectivity index (χ4n) is 2.89. The van der Waals surface area contributed by atoms with Gasteiger partial charge in [0, 0.05) is 13.6 Å². The molecule has 0 aromatic heterocycles. The summed E-state index contributed by atoms with van der Waals surface area (Å²) in [6.07, 6.45) is 2.24. The first kappa shape index (κ1) is 27.3. The second-order valence-corrected chi connectivity index (χ2v) is 9.48. The highest BCUT2D eigenvalue weighted by atomic mass is 127. The minimum Gasteiger partial charge on any atom is -0.494 e. The molecule has 8 nitrogen and oxygen atoms in total. The Kier molecular flexibility index (Phi) is 10.4. The van der Waals surface area contributed by atoms with Gasteiger partial charge in [0.05, 0.1) is 30.5 Å². The number of carbonyl (C=O) groups is 3. The van der Waals surface area contributed by atoms with Crippen LogP contribution in [0.5, 0.6) is 11.5 Å². The van der Waals surface area contributed by atoms with Crippen molar-refractivity contribution in [1.29, 1.82) is 0 Å². The van der Waals surface area contributed by atoms with Crippen LogP contribution in [0.3, 0.4) is 0 Å². The monoisotopic (exact) mass is 663 g/mol. The molecule has 0 spiro atoms. The third-order valence-electron chi connectivity index (χ3n) is 4.66. The molecule has 3 rings (SSSR count). The Hall–Kier alpha value is -3.25. The molecule has 0 heterocycles. The van der Waals surface area contributed by atoms with Gasteiger partial charge in [0.25, 0.3) is 11.8 Å². The molecule has 0 aliphatic rings. The van der Waals surface area contributed by atoms with Crippen LogP contribution >= 0.6 is 38.5 Å². The van der Waals surface area contributed by atoms with Gasteiger partial charge in [0.1, 0.15) is 11.5 Å². The summed E-state index contributed by atoms with van der Waals surface area (Å²) < 4.78 is 12.6. The molecule has 36 heavy (non-hydrogen) atoms. The molecule has 10 heteroatoms. The number of halogens is 2. The average molecular weight is 664 g/mol. The number of hydrogen-bond acceptors (Lipinski definition) is 6. The summed E-state index contributed by atoms with van der Waals surface area (Å²) in [7, 11) is 0. The van der Waals surface area contributed by atoms with Crippen LogP contribution in [0.4, 0.5) is 0 Å². The molecule has 0 saturated heterocycles. The van der Waals surface area contributed by atoms with Gasteiger partial charge in [-0.15, -0.1) is 0 Å². The number of amides is 2. The van der Waals surface area contributed by atoms with Crippen LogP contribution in [-0.2, 0) is 4.79 Å². The Morgan fingerprint density at radius 3 is 2.53 bits per heavy atom. The van der Waals surface area contributed by atoms with E-state index in [4.69, 9.17) is 9.47 Å². The van der Waals surface area contributed by atoms with Crippen LogP contribution < -0.4 is 20.2 Å². The van der Waals surface area contributed by atoms with Crippen molar-refractivity contribution in [3.8, 4) is 11.5 Å². The SMILES string of the molecule is CCCOc1ccc(C(=O)Oc2ccc(Br)cc2/C=N/NC(=O)CNC(=O)c2ccccc2I)cc1. The molecule has 2 N–H and O–H groups in total. The van der Waals surface area contributed by atoms with Crippen LogP contribution in [-0.4, -0.2) is 37.1 Å². The van der Waals surface area contributed by atoms with Crippen molar-refractivity contribution >= 4 is 62.5 Å². The Balaban J connectivity index is 1.58. The van der Waals surface area contributed by atoms with Crippen LogP contribution in [0.15, 0.2) is 76.3 Å². The number of carbonyl (C=O) groups excluding carboxylic acids is 3. The molecule has 0 bridgehead atoms. The maximum atomic E-state index is 12.6. The third kappa shape index (κ3) is 8.16. The number of benzene rings is 3. The van der Waals surface area contributed by atoms with E-state index in [1.165, 1.54) is 6.21 Å². The zero-order valence-electron chi connectivity index (χ0n) is 19.3. The van der Waals surface area contributed by atoms with Crippen molar-refractivity contribution in [2.75, 3.05) is 13.2 Å². The van der Waals surface area contributed by atoms with Gasteiger partial charge in [-0.2, -0.15) is 5.10 Å². The van der Waals surface area contributed by atoms with Crippen LogP contribution in [0.1, 0.15) is 39.6 Å². The molecular weight excluding hydrogens is 641 g/mol. The maximum Gasteiger partial charge on any atom is 0.343 e. The summed E-state index contributed by atoms with van der Waals surface area (Å²) in [5.41, 5.74) is 3.66. The Labute approximate surface area is 230 Å². The predicted molar refractivity (Wildman–Crippen MR) is 149 cm³/mol. The van der Waals surface area contributed by atoms with Crippen molar-refractivity contribution in [1.82, 2.24) is 10.7 Å². The number of ether oxygens (including phenoxy) is 2. The predicted octanol–water partition coefficient (Wildman–Crippen LogP) is 4.94. The summed E-state index contributed by atoms with van der Waals surface area (Å²) in [5, 5.41) is 6.48. The van der Waals surface area contributed by atoms with Crippen molar-refractivity contribution in [2.45, 2.75) is 13.3 Å². The Morgan fingerprint density at radius 1 is 1.06 bits per heavy atom. The van der Waals surface area contributed by atoms with Crippen LogP contribution in [0.25, 0.3) is 0 Å². The summed E-state index contributed by atoms with van der Waals surface area (Å²) in [4.78, 5) is 37.0. The lowest BCUT2D eigenvalue weighted by molar-refractivity contribution is -0.120. The summed E-state index contributed by atoms with van der Waals surface area (Å²) in [6, 6.07) is 18.8. The number of nitrogens with zero attached hydrogens (tertiary/aromatic N) is 1. The zero-order valence-corrected chi connectivity index (χ0v) is 23.0. The van der Waals surface area contributed by atoms with Gasteiger partial charge in [0.15, 0.2) is 0 Å². The number of hydrogen-bond donors (Lipinski definition) is 2. The average Bonchev–Trinajstić information content (AvgIpc) is 2.88. The van der Waals surface area contributed by atoms with E-state index < -0.39 is 11.9 Å². The molecule has 3 aromatic rings. The quantitative estimate of drug-likeness (QED) is 0.105. The van der Waals surface area contributed by atoms with E-state index in [1.807, 2.05) is 13.0 Å². The first-order valence-electron chi connectivity index (χ1n) is 11.0. The highest BCUT2D eigenvalue weighted by Gasteiger charge is 2.13. The summed E-state index contributed by atoms with van der Waals surface area (Å²) in [6.45, 7) is 2.36. The maximum absolute atomic E-state index is 12.6. The minimum atomic E-state index is -0.545. The van der Waals surface area contributed by atoms with Crippen LogP contribution in [0, 0.1) is 3.57 Å². The number of hydrazone groups is 1. The van der Waals surface area contributed by atoms with E-state index >= 15 is 0 Å². The topological polar surface area (TPSA) is 106 Å². The van der Waals surface area contributed by atoms with Crippen molar-refractivity contribution in [2.24, 2.45) is 5.10 Å². The molecule has 0 radical (unpaired) electrons. The lowest BCUT2D eigenvalue weighted by Crippen LogP contribution is -2.35. The van der Waals surface area contributed by atoms with Gasteiger partial charge in [0.2, 0.25) is 0 Å². The zero-order chi connectivity index (χ0) is 25.9. The molecular formula is C26H23BrIN3O5. The third-order valence-corrected chi connectivity index (χ3v) is 6.09. The second kappa shape index (κ2) is 13.7. The van der Waals surface area contributed by atoms with E-state index in [9.17, 15) is 14.4 Å². The first-order chi connectivity index (χ1) is 17.4. The standard InChI is InChI=1S/C26H23BrIN3O5/c1-2-13-35-20-10-7-17(8-11-20)26(34)36-23-12-9-19(27)14-18(23)15-30-31-24(32)16-29-25(33)21-5-3-4-6-22(21)28/h3-12,14-15H,2,13,16H2,1H3,(H,29,33)(H,31,32)/b30-15+. The molecule has 0 saturated carbocycles. The van der Waals surface area contributed by atoms with Gasteiger partial charge < -0.3 is 14.8 Å². The highest BCUT2D eigenvalue weighted by Crippen LogP contribution is 2.23. The highest BCUT2D eigenvalue weighted by molar-refractivity contribution is 14.1. The van der Waals surface area contributed by atoms with E-state index in [-0.39, 0.29) is 18.2 Å². The molecule has 0 atom stereocenters. The van der Waals surface area contributed by atoms with Gasteiger partial charge in [-0.25, -0.2) is 10.2 Å². The Bertz CT molecular complexity index is 1260. The second-order valence-electron chi connectivity index (χ2n) is 7.40. The Morgan fingerprint density at radius 2 is 1.81 bits per heavy atom. The molecule has 0 fully saturated rings. The molecule has 0 aliphatic heterocycles. The van der Waals surface area contributed by atoms with E-state index in [0.29, 0.717) is 29.0 Å². The van der Waals surface area contributed by atoms with E-state index in [1.54, 1.807) is 60.7 Å². The number of nitrogens with one attached hydrogen (secondary N) is 2. The molecule has 186 valence electrons. The summed E-state index contributed by atoms with van der Waals surface area (Å²) in [5.74, 6) is -0.471. The van der Waals surface area contributed by atoms with Gasteiger partial charge in [-0.05, 0) is 83.6 Å². The fraction of sp³-hybridized carbons (Fsp3) is 0.154. The van der Waals surface area contributed by atoms with Crippen molar-refractivity contribution in [3.05, 3.63) is 91.5 Å². The molecule has 0 aliphatic carbocycles. The molecule has 3 aromatic carbocycles. The van der Waals surface area contributed by atoms with Crippen molar-refractivity contribution < 1.29 is 23.9 Å². The molecule has 0 unspecified atom stereocenters. The lowest BCUT2D eigenvalue weighted by Gasteiger charge is -2.09. The van der Waals surface area contributed by atoms with E-state index in [0.717, 1.165) is 14.5 Å². The van der Waals surface area contributed by atoms with Gasteiger partial charge in [-0.3, -0.25) is 9.59 Å². The normalized spacial score (nSPS) is 10.6. The van der Waals surface area contributed by atoms with Crippen molar-refractivity contribution in [3.63, 3.8) is 0 Å². The first-order valence-corrected chi connectivity index (χ1v) is 12.8. The minimum absolute atomic E-state index is 0.251. The number of esters is 1. The fourth-order valence-corrected chi connectivity index (χ4v) is 3.90. The summed E-state index contributed by atoms with van der Waals surface area (Å²) >= 11 is 5.43. The van der Waals surface area contributed by atoms with E-state index in [2.05, 4.69) is 54.4 Å². The number of rotatable bonds is 10. The lowest BCUT2D eigenvalue weighted by atomic mass is 10.2. The van der Waals surface area contributed by atoms with Crippen LogP contribution in [0.2, 0.25) is 0 Å². The van der Waals surface area contributed by atoms with Gasteiger partial charge >= 0.3 is 5.97 Å². The largest absolute Gasteiger partial charge is 0.494 e. The molecule has 2 amide bonds. The van der Waals surface area contributed by atoms with Gasteiger partial charge in [-0.1, -0.05) is 35.0 Å². The smallest absolute Gasteiger partial charge is 0.343 e.